The zero-order chi connectivity index (χ0) is 12.2. The number of hydrogen-bond donors (Lipinski definition) is 1. The van der Waals surface area contributed by atoms with Crippen molar-refractivity contribution in [3.63, 3.8) is 0 Å². The van der Waals surface area contributed by atoms with Crippen LogP contribution in [-0.2, 0) is 9.84 Å². The standard InChI is InChI=1S/C11H19NO2S2/c1-4-16(13,14)8-9(2)12-10(3)11-5-6-15-7-11/h5-7,9-10,12H,4,8H2,1-3H3. The summed E-state index contributed by atoms with van der Waals surface area (Å²) in [7, 11) is -2.89. The first kappa shape index (κ1) is 13.7. The maximum Gasteiger partial charge on any atom is 0.151 e. The Kier molecular flexibility index (Phi) is 4.95. The molecule has 0 aliphatic carbocycles. The third-order valence-corrected chi connectivity index (χ3v) is 5.11. The number of hydrogen-bond acceptors (Lipinski definition) is 4. The van der Waals surface area contributed by atoms with Crippen molar-refractivity contribution < 1.29 is 8.42 Å². The van der Waals surface area contributed by atoms with Crippen molar-refractivity contribution in [2.45, 2.75) is 32.9 Å². The maximum atomic E-state index is 11.4. The molecule has 1 N–H and O–H groups in total. The van der Waals surface area contributed by atoms with E-state index in [-0.39, 0.29) is 23.6 Å². The minimum absolute atomic E-state index is 0.0140. The Balaban J connectivity index is 2.49. The van der Waals surface area contributed by atoms with Crippen LogP contribution in [0.2, 0.25) is 0 Å². The minimum atomic E-state index is -2.89. The van der Waals surface area contributed by atoms with E-state index in [1.807, 2.05) is 12.3 Å². The van der Waals surface area contributed by atoms with Gasteiger partial charge < -0.3 is 5.32 Å². The lowest BCUT2D eigenvalue weighted by Gasteiger charge is -2.19. The van der Waals surface area contributed by atoms with Crippen molar-refractivity contribution in [3.8, 4) is 0 Å². The van der Waals surface area contributed by atoms with Gasteiger partial charge >= 0.3 is 0 Å². The van der Waals surface area contributed by atoms with E-state index in [2.05, 4.69) is 23.7 Å². The van der Waals surface area contributed by atoms with E-state index < -0.39 is 9.84 Å². The lowest BCUT2D eigenvalue weighted by molar-refractivity contribution is 0.500. The minimum Gasteiger partial charge on any atom is -0.307 e. The second-order valence-electron chi connectivity index (χ2n) is 4.04. The van der Waals surface area contributed by atoms with Gasteiger partial charge in [0, 0.05) is 17.8 Å². The highest BCUT2D eigenvalue weighted by Crippen LogP contribution is 2.16. The second-order valence-corrected chi connectivity index (χ2v) is 7.22. The van der Waals surface area contributed by atoms with Crippen LogP contribution in [0.15, 0.2) is 16.8 Å². The van der Waals surface area contributed by atoms with Gasteiger partial charge in [-0.1, -0.05) is 6.92 Å². The fourth-order valence-electron chi connectivity index (χ4n) is 1.59. The van der Waals surface area contributed by atoms with Crippen LogP contribution in [0.1, 0.15) is 32.4 Å². The van der Waals surface area contributed by atoms with Crippen LogP contribution >= 0.6 is 11.3 Å². The summed E-state index contributed by atoms with van der Waals surface area (Å²) in [6.07, 6.45) is 0. The van der Waals surface area contributed by atoms with E-state index in [1.54, 1.807) is 18.3 Å². The Labute approximate surface area is 102 Å². The van der Waals surface area contributed by atoms with Crippen molar-refractivity contribution in [1.29, 1.82) is 0 Å². The highest BCUT2D eigenvalue weighted by molar-refractivity contribution is 7.91. The van der Waals surface area contributed by atoms with Crippen molar-refractivity contribution in [3.05, 3.63) is 22.4 Å². The normalized spacial score (nSPS) is 15.9. The van der Waals surface area contributed by atoms with Gasteiger partial charge in [-0.25, -0.2) is 8.42 Å². The SMILES string of the molecule is CCS(=O)(=O)CC(C)NC(C)c1ccsc1. The van der Waals surface area contributed by atoms with Crippen molar-refractivity contribution in [1.82, 2.24) is 5.32 Å². The third kappa shape index (κ3) is 4.23. The summed E-state index contributed by atoms with van der Waals surface area (Å²) in [6.45, 7) is 5.65. The summed E-state index contributed by atoms with van der Waals surface area (Å²) in [5.74, 6) is 0.420. The van der Waals surface area contributed by atoms with Crippen LogP contribution in [0.25, 0.3) is 0 Å². The Morgan fingerprint density at radius 2 is 2.12 bits per heavy atom. The smallest absolute Gasteiger partial charge is 0.151 e. The molecule has 0 aromatic carbocycles. The van der Waals surface area contributed by atoms with Gasteiger partial charge in [0.15, 0.2) is 9.84 Å². The molecule has 0 radical (unpaired) electrons. The van der Waals surface area contributed by atoms with Gasteiger partial charge in [0.1, 0.15) is 0 Å². The van der Waals surface area contributed by atoms with Gasteiger partial charge in [0.25, 0.3) is 0 Å². The number of thiophene rings is 1. The first-order valence-electron chi connectivity index (χ1n) is 5.43. The molecule has 1 heterocycles. The van der Waals surface area contributed by atoms with E-state index in [4.69, 9.17) is 0 Å². The summed E-state index contributed by atoms with van der Waals surface area (Å²) in [6, 6.07) is 2.25. The van der Waals surface area contributed by atoms with Gasteiger partial charge in [-0.15, -0.1) is 0 Å². The van der Waals surface area contributed by atoms with Crippen LogP contribution in [0.4, 0.5) is 0 Å². The third-order valence-electron chi connectivity index (χ3n) is 2.52. The Morgan fingerprint density at radius 1 is 1.44 bits per heavy atom. The maximum absolute atomic E-state index is 11.4. The second kappa shape index (κ2) is 5.80. The highest BCUT2D eigenvalue weighted by Gasteiger charge is 2.16. The molecule has 16 heavy (non-hydrogen) atoms. The lowest BCUT2D eigenvalue weighted by atomic mass is 10.1. The summed E-state index contributed by atoms with van der Waals surface area (Å²) in [5, 5.41) is 7.41. The molecule has 0 amide bonds. The van der Waals surface area contributed by atoms with Crippen LogP contribution in [0.5, 0.6) is 0 Å². The highest BCUT2D eigenvalue weighted by atomic mass is 32.2. The molecule has 0 fully saturated rings. The average Bonchev–Trinajstić information content (AvgIpc) is 2.69. The first-order valence-corrected chi connectivity index (χ1v) is 8.19. The molecule has 0 bridgehead atoms. The fourth-order valence-corrected chi connectivity index (χ4v) is 3.44. The van der Waals surface area contributed by atoms with E-state index in [1.165, 1.54) is 5.56 Å². The molecular formula is C11H19NO2S2. The Morgan fingerprint density at radius 3 is 2.62 bits per heavy atom. The number of nitrogens with one attached hydrogen (secondary N) is 1. The molecule has 1 rings (SSSR count). The van der Waals surface area contributed by atoms with E-state index >= 15 is 0 Å². The molecule has 2 unspecified atom stereocenters. The molecular weight excluding hydrogens is 242 g/mol. The summed E-state index contributed by atoms with van der Waals surface area (Å²) >= 11 is 1.65. The average molecular weight is 261 g/mol. The Hall–Kier alpha value is -0.390. The van der Waals surface area contributed by atoms with Crippen molar-refractivity contribution in [2.24, 2.45) is 0 Å². The van der Waals surface area contributed by atoms with Gasteiger partial charge in [0.2, 0.25) is 0 Å². The molecule has 3 nitrogen and oxygen atoms in total. The molecule has 2 atom stereocenters. The summed E-state index contributed by atoms with van der Waals surface area (Å²) in [4.78, 5) is 0. The molecule has 5 heteroatoms. The van der Waals surface area contributed by atoms with Crippen LogP contribution in [0, 0.1) is 0 Å². The number of sulfone groups is 1. The molecule has 0 aliphatic heterocycles. The van der Waals surface area contributed by atoms with Gasteiger partial charge in [-0.05, 0) is 36.2 Å². The molecule has 0 saturated carbocycles. The first-order chi connectivity index (χ1) is 7.44. The van der Waals surface area contributed by atoms with Crippen LogP contribution in [0.3, 0.4) is 0 Å². The zero-order valence-corrected chi connectivity index (χ0v) is 11.6. The van der Waals surface area contributed by atoms with Crippen LogP contribution < -0.4 is 5.32 Å². The number of rotatable bonds is 6. The predicted octanol–water partition coefficient (Wildman–Crippen LogP) is 2.22. The largest absolute Gasteiger partial charge is 0.307 e. The van der Waals surface area contributed by atoms with Crippen LogP contribution in [-0.4, -0.2) is 26.0 Å². The van der Waals surface area contributed by atoms with Gasteiger partial charge in [0.05, 0.1) is 5.75 Å². The predicted molar refractivity (Wildman–Crippen MR) is 69.7 cm³/mol. The summed E-state index contributed by atoms with van der Waals surface area (Å²) in [5.41, 5.74) is 1.21. The topological polar surface area (TPSA) is 46.2 Å². The molecule has 0 saturated heterocycles. The summed E-state index contributed by atoms with van der Waals surface area (Å²) < 4.78 is 22.9. The van der Waals surface area contributed by atoms with Gasteiger partial charge in [-0.3, -0.25) is 0 Å². The quantitative estimate of drug-likeness (QED) is 0.854. The van der Waals surface area contributed by atoms with Crippen molar-refractivity contribution in [2.75, 3.05) is 11.5 Å². The zero-order valence-electron chi connectivity index (χ0n) is 9.93. The van der Waals surface area contributed by atoms with Crippen molar-refractivity contribution >= 4 is 21.2 Å². The van der Waals surface area contributed by atoms with E-state index in [9.17, 15) is 8.42 Å². The molecule has 1 aromatic heterocycles. The van der Waals surface area contributed by atoms with E-state index in [0.717, 1.165) is 0 Å². The Bertz CT molecular complexity index is 398. The molecule has 0 aliphatic rings. The lowest BCUT2D eigenvalue weighted by Crippen LogP contribution is -2.35. The van der Waals surface area contributed by atoms with Gasteiger partial charge in [-0.2, -0.15) is 11.3 Å². The molecule has 92 valence electrons. The monoisotopic (exact) mass is 261 g/mol. The fraction of sp³-hybridized carbons (Fsp3) is 0.636. The van der Waals surface area contributed by atoms with E-state index in [0.29, 0.717) is 0 Å². The molecule has 1 aromatic rings. The molecule has 0 spiro atoms.